The van der Waals surface area contributed by atoms with E-state index >= 15 is 0 Å². The van der Waals surface area contributed by atoms with E-state index in [1.54, 1.807) is 42.5 Å². The van der Waals surface area contributed by atoms with Crippen molar-refractivity contribution in [2.24, 2.45) is 5.92 Å². The van der Waals surface area contributed by atoms with E-state index in [1.807, 2.05) is 19.9 Å². The van der Waals surface area contributed by atoms with Crippen LogP contribution in [0.25, 0.3) is 0 Å². The molecule has 5 nitrogen and oxygen atoms in total. The highest BCUT2D eigenvalue weighted by atomic mass is 16.5. The van der Waals surface area contributed by atoms with Crippen molar-refractivity contribution in [2.75, 3.05) is 11.9 Å². The van der Waals surface area contributed by atoms with Crippen molar-refractivity contribution in [1.82, 2.24) is 5.32 Å². The van der Waals surface area contributed by atoms with Crippen LogP contribution in [0.4, 0.5) is 5.69 Å². The van der Waals surface area contributed by atoms with E-state index in [9.17, 15) is 9.59 Å². The summed E-state index contributed by atoms with van der Waals surface area (Å²) in [5.74, 6) is 0.756. The monoisotopic (exact) mass is 368 g/mol. The lowest BCUT2D eigenvalue weighted by molar-refractivity contribution is 0.0938. The molecule has 0 aromatic heterocycles. The molecule has 1 unspecified atom stereocenters. The van der Waals surface area contributed by atoms with Crippen LogP contribution in [0.2, 0.25) is 0 Å². The van der Waals surface area contributed by atoms with Crippen molar-refractivity contribution >= 4 is 17.5 Å². The molecular formula is C22H28N2O3. The predicted octanol–water partition coefficient (Wildman–Crippen LogP) is 4.50. The molecule has 0 bridgehead atoms. The average molecular weight is 368 g/mol. The fourth-order valence-electron chi connectivity index (χ4n) is 2.31. The zero-order valence-electron chi connectivity index (χ0n) is 16.4. The molecule has 0 saturated heterocycles. The molecule has 2 N–H and O–H groups in total. The molecule has 27 heavy (non-hydrogen) atoms. The Bertz CT molecular complexity index is 769. The third-order valence-corrected chi connectivity index (χ3v) is 4.07. The van der Waals surface area contributed by atoms with Gasteiger partial charge < -0.3 is 15.4 Å². The molecule has 0 radical (unpaired) electrons. The highest BCUT2D eigenvalue weighted by Gasteiger charge is 2.10. The van der Waals surface area contributed by atoms with Gasteiger partial charge in [-0.2, -0.15) is 0 Å². The first-order valence-electron chi connectivity index (χ1n) is 9.34. The Hall–Kier alpha value is -2.82. The molecule has 2 aromatic rings. The molecule has 1 atom stereocenters. The summed E-state index contributed by atoms with van der Waals surface area (Å²) >= 11 is 0. The first kappa shape index (κ1) is 20.5. The number of ether oxygens (including phenoxy) is 1. The zero-order valence-corrected chi connectivity index (χ0v) is 16.4. The SMILES string of the molecule is CCC(C)NC(=O)c1ccc(NC(=O)c2cccc(OCC(C)C)c2)cc1. The normalized spacial score (nSPS) is 11.7. The van der Waals surface area contributed by atoms with Gasteiger partial charge in [0.15, 0.2) is 0 Å². The number of carbonyl (C=O) groups excluding carboxylic acids is 2. The van der Waals surface area contributed by atoms with E-state index in [2.05, 4.69) is 24.5 Å². The van der Waals surface area contributed by atoms with E-state index < -0.39 is 0 Å². The summed E-state index contributed by atoms with van der Waals surface area (Å²) in [5.41, 5.74) is 1.72. The molecular weight excluding hydrogens is 340 g/mol. The van der Waals surface area contributed by atoms with Crippen LogP contribution in [0, 0.1) is 5.92 Å². The number of amides is 2. The van der Waals surface area contributed by atoms with Gasteiger partial charge in [0, 0.05) is 22.9 Å². The fourth-order valence-corrected chi connectivity index (χ4v) is 2.31. The van der Waals surface area contributed by atoms with Crippen LogP contribution in [0.15, 0.2) is 48.5 Å². The summed E-state index contributed by atoms with van der Waals surface area (Å²) in [6.07, 6.45) is 0.875. The number of anilines is 1. The Morgan fingerprint density at radius 2 is 1.67 bits per heavy atom. The molecule has 0 spiro atoms. The molecule has 0 aliphatic carbocycles. The minimum atomic E-state index is -0.221. The highest BCUT2D eigenvalue weighted by Crippen LogP contribution is 2.17. The number of hydrogen-bond acceptors (Lipinski definition) is 3. The summed E-state index contributed by atoms with van der Waals surface area (Å²) in [4.78, 5) is 24.6. The smallest absolute Gasteiger partial charge is 0.255 e. The Kier molecular flexibility index (Phi) is 7.41. The summed E-state index contributed by atoms with van der Waals surface area (Å²) in [6.45, 7) is 8.73. The van der Waals surface area contributed by atoms with Gasteiger partial charge >= 0.3 is 0 Å². The van der Waals surface area contributed by atoms with Gasteiger partial charge in [0.1, 0.15) is 5.75 Å². The lowest BCUT2D eigenvalue weighted by Crippen LogP contribution is -2.31. The van der Waals surface area contributed by atoms with Gasteiger partial charge in [0.05, 0.1) is 6.61 Å². The second-order valence-electron chi connectivity index (χ2n) is 7.05. The Balaban J connectivity index is 1.99. The van der Waals surface area contributed by atoms with E-state index in [4.69, 9.17) is 4.74 Å². The van der Waals surface area contributed by atoms with Crippen molar-refractivity contribution in [1.29, 1.82) is 0 Å². The molecule has 0 aliphatic heterocycles. The predicted molar refractivity (Wildman–Crippen MR) is 108 cm³/mol. The molecule has 0 heterocycles. The van der Waals surface area contributed by atoms with Gasteiger partial charge in [-0.25, -0.2) is 0 Å². The van der Waals surface area contributed by atoms with E-state index in [-0.39, 0.29) is 17.9 Å². The maximum Gasteiger partial charge on any atom is 0.255 e. The summed E-state index contributed by atoms with van der Waals surface area (Å²) in [5, 5.41) is 5.76. The lowest BCUT2D eigenvalue weighted by atomic mass is 10.1. The first-order valence-corrected chi connectivity index (χ1v) is 9.34. The standard InChI is InChI=1S/C22H28N2O3/c1-5-16(4)23-21(25)17-9-11-19(12-10-17)24-22(26)18-7-6-8-20(13-18)27-14-15(2)3/h6-13,15-16H,5,14H2,1-4H3,(H,23,25)(H,24,26). The Morgan fingerprint density at radius 1 is 0.963 bits per heavy atom. The second-order valence-corrected chi connectivity index (χ2v) is 7.05. The number of nitrogens with one attached hydrogen (secondary N) is 2. The van der Waals surface area contributed by atoms with Crippen LogP contribution in [-0.4, -0.2) is 24.5 Å². The fraction of sp³-hybridized carbons (Fsp3) is 0.364. The van der Waals surface area contributed by atoms with Crippen LogP contribution in [0.1, 0.15) is 54.8 Å². The zero-order chi connectivity index (χ0) is 19.8. The summed E-state index contributed by atoms with van der Waals surface area (Å²) in [7, 11) is 0. The molecule has 0 aliphatic rings. The van der Waals surface area contributed by atoms with Crippen molar-refractivity contribution in [2.45, 2.75) is 40.2 Å². The molecule has 2 rings (SSSR count). The number of carbonyl (C=O) groups is 2. The largest absolute Gasteiger partial charge is 0.493 e. The van der Waals surface area contributed by atoms with Crippen LogP contribution in [-0.2, 0) is 0 Å². The molecule has 5 heteroatoms. The minimum absolute atomic E-state index is 0.114. The van der Waals surface area contributed by atoms with Gasteiger partial charge in [0.2, 0.25) is 0 Å². The minimum Gasteiger partial charge on any atom is -0.493 e. The van der Waals surface area contributed by atoms with E-state index in [0.717, 1.165) is 6.42 Å². The molecule has 2 amide bonds. The van der Waals surface area contributed by atoms with Crippen LogP contribution in [0.3, 0.4) is 0 Å². The van der Waals surface area contributed by atoms with Gasteiger partial charge in [-0.15, -0.1) is 0 Å². The highest BCUT2D eigenvalue weighted by molar-refractivity contribution is 6.04. The van der Waals surface area contributed by atoms with Gasteiger partial charge in [-0.1, -0.05) is 26.8 Å². The Morgan fingerprint density at radius 3 is 2.30 bits per heavy atom. The first-order chi connectivity index (χ1) is 12.9. The van der Waals surface area contributed by atoms with Crippen molar-refractivity contribution in [3.63, 3.8) is 0 Å². The molecule has 2 aromatic carbocycles. The molecule has 144 valence electrons. The third kappa shape index (κ3) is 6.44. The summed E-state index contributed by atoms with van der Waals surface area (Å²) in [6, 6.07) is 14.1. The lowest BCUT2D eigenvalue weighted by Gasteiger charge is -2.12. The topological polar surface area (TPSA) is 67.4 Å². The third-order valence-electron chi connectivity index (χ3n) is 4.07. The van der Waals surface area contributed by atoms with Crippen LogP contribution >= 0.6 is 0 Å². The quantitative estimate of drug-likeness (QED) is 0.721. The van der Waals surface area contributed by atoms with E-state index in [0.29, 0.717) is 35.1 Å². The number of hydrogen-bond donors (Lipinski definition) is 2. The van der Waals surface area contributed by atoms with Gasteiger partial charge in [-0.3, -0.25) is 9.59 Å². The molecule has 0 saturated carbocycles. The second kappa shape index (κ2) is 9.76. The van der Waals surface area contributed by atoms with E-state index in [1.165, 1.54) is 0 Å². The van der Waals surface area contributed by atoms with Crippen LogP contribution in [0.5, 0.6) is 5.75 Å². The van der Waals surface area contributed by atoms with Crippen LogP contribution < -0.4 is 15.4 Å². The van der Waals surface area contributed by atoms with Gasteiger partial charge in [-0.05, 0) is 61.7 Å². The van der Waals surface area contributed by atoms with Gasteiger partial charge in [0.25, 0.3) is 11.8 Å². The maximum atomic E-state index is 12.5. The average Bonchev–Trinajstić information content (AvgIpc) is 2.67. The maximum absolute atomic E-state index is 12.5. The van der Waals surface area contributed by atoms with Crippen molar-refractivity contribution < 1.29 is 14.3 Å². The Labute approximate surface area is 161 Å². The van der Waals surface area contributed by atoms with Crippen molar-refractivity contribution in [3.05, 3.63) is 59.7 Å². The van der Waals surface area contributed by atoms with Crippen molar-refractivity contribution in [3.8, 4) is 5.75 Å². The molecule has 0 fully saturated rings. The number of rotatable bonds is 8. The number of benzene rings is 2. The summed E-state index contributed by atoms with van der Waals surface area (Å²) < 4.78 is 5.67.